The van der Waals surface area contributed by atoms with Crippen molar-refractivity contribution in [3.8, 4) is 0 Å². The first kappa shape index (κ1) is 12.3. The van der Waals surface area contributed by atoms with Crippen molar-refractivity contribution in [3.05, 3.63) is 35.4 Å². The Morgan fingerprint density at radius 2 is 2.00 bits per heavy atom. The van der Waals surface area contributed by atoms with Gasteiger partial charge in [-0.15, -0.1) is 0 Å². The molecule has 1 saturated heterocycles. The molecule has 0 spiro atoms. The molecule has 0 aromatic heterocycles. The Labute approximate surface area is 102 Å². The summed E-state index contributed by atoms with van der Waals surface area (Å²) in [4.78, 5) is 11.8. The highest BCUT2D eigenvalue weighted by Gasteiger charge is 2.20. The summed E-state index contributed by atoms with van der Waals surface area (Å²) >= 11 is 0. The summed E-state index contributed by atoms with van der Waals surface area (Å²) in [5.41, 5.74) is 1.96. The molecule has 1 fully saturated rings. The van der Waals surface area contributed by atoms with Crippen molar-refractivity contribution in [2.45, 2.75) is 25.9 Å². The van der Waals surface area contributed by atoms with Crippen LogP contribution in [0.25, 0.3) is 0 Å². The number of rotatable bonds is 5. The molecule has 0 bridgehead atoms. The SMILES string of the molecule is CC(C)c1ccc(C(=O)COC2COC2)cc1. The van der Waals surface area contributed by atoms with Crippen LogP contribution < -0.4 is 0 Å². The van der Waals surface area contributed by atoms with Gasteiger partial charge in [0.2, 0.25) is 0 Å². The molecule has 1 aromatic rings. The zero-order valence-corrected chi connectivity index (χ0v) is 10.3. The summed E-state index contributed by atoms with van der Waals surface area (Å²) in [5, 5.41) is 0. The van der Waals surface area contributed by atoms with E-state index in [0.717, 1.165) is 5.56 Å². The second kappa shape index (κ2) is 5.43. The van der Waals surface area contributed by atoms with Crippen molar-refractivity contribution in [1.82, 2.24) is 0 Å². The highest BCUT2D eigenvalue weighted by molar-refractivity contribution is 5.97. The van der Waals surface area contributed by atoms with Crippen LogP contribution in [-0.4, -0.2) is 31.7 Å². The van der Waals surface area contributed by atoms with Crippen LogP contribution in [0.15, 0.2) is 24.3 Å². The molecule has 0 unspecified atom stereocenters. The van der Waals surface area contributed by atoms with E-state index in [1.165, 1.54) is 5.56 Å². The minimum atomic E-state index is 0.0345. The fourth-order valence-corrected chi connectivity index (χ4v) is 1.64. The highest BCUT2D eigenvalue weighted by atomic mass is 16.6. The monoisotopic (exact) mass is 234 g/mol. The Balaban J connectivity index is 1.89. The Bertz CT molecular complexity index is 377. The summed E-state index contributed by atoms with van der Waals surface area (Å²) in [6.45, 7) is 5.64. The quantitative estimate of drug-likeness (QED) is 0.734. The molecule has 92 valence electrons. The van der Waals surface area contributed by atoms with Gasteiger partial charge in [0.25, 0.3) is 0 Å². The van der Waals surface area contributed by atoms with E-state index in [1.807, 2.05) is 24.3 Å². The highest BCUT2D eigenvalue weighted by Crippen LogP contribution is 2.15. The predicted molar refractivity (Wildman–Crippen MR) is 65.4 cm³/mol. The van der Waals surface area contributed by atoms with E-state index >= 15 is 0 Å². The average molecular weight is 234 g/mol. The number of Topliss-reactive ketones (excluding diaryl/α,β-unsaturated/α-hetero) is 1. The van der Waals surface area contributed by atoms with E-state index in [-0.39, 0.29) is 18.5 Å². The summed E-state index contributed by atoms with van der Waals surface area (Å²) in [7, 11) is 0. The van der Waals surface area contributed by atoms with Crippen LogP contribution >= 0.6 is 0 Å². The van der Waals surface area contributed by atoms with Gasteiger partial charge in [0.15, 0.2) is 5.78 Å². The van der Waals surface area contributed by atoms with Crippen LogP contribution in [0.4, 0.5) is 0 Å². The normalized spacial score (nSPS) is 15.9. The molecule has 0 N–H and O–H groups in total. The fraction of sp³-hybridized carbons (Fsp3) is 0.500. The third-order valence-electron chi connectivity index (χ3n) is 2.96. The number of hydrogen-bond donors (Lipinski definition) is 0. The van der Waals surface area contributed by atoms with Crippen molar-refractivity contribution in [2.75, 3.05) is 19.8 Å². The minimum Gasteiger partial charge on any atom is -0.376 e. The number of carbonyl (C=O) groups excluding carboxylic acids is 1. The molecule has 1 aliphatic rings. The first-order valence-electron chi connectivity index (χ1n) is 5.99. The third-order valence-corrected chi connectivity index (χ3v) is 2.96. The molecule has 0 amide bonds. The molecule has 2 rings (SSSR count). The standard InChI is InChI=1S/C14H18O3/c1-10(2)11-3-5-12(6-4-11)14(15)9-17-13-7-16-8-13/h3-6,10,13H,7-9H2,1-2H3. The van der Waals surface area contributed by atoms with E-state index < -0.39 is 0 Å². The van der Waals surface area contributed by atoms with Crippen LogP contribution in [0.5, 0.6) is 0 Å². The van der Waals surface area contributed by atoms with E-state index in [9.17, 15) is 4.79 Å². The van der Waals surface area contributed by atoms with Crippen LogP contribution in [-0.2, 0) is 9.47 Å². The van der Waals surface area contributed by atoms with Gasteiger partial charge in [0.1, 0.15) is 12.7 Å². The van der Waals surface area contributed by atoms with Gasteiger partial charge in [-0.2, -0.15) is 0 Å². The molecule has 1 aliphatic heterocycles. The van der Waals surface area contributed by atoms with Gasteiger partial charge >= 0.3 is 0 Å². The minimum absolute atomic E-state index is 0.0345. The first-order chi connectivity index (χ1) is 8.16. The maximum Gasteiger partial charge on any atom is 0.188 e. The molecule has 1 heterocycles. The zero-order valence-electron chi connectivity index (χ0n) is 10.3. The summed E-state index contributed by atoms with van der Waals surface area (Å²) in [6, 6.07) is 7.76. The van der Waals surface area contributed by atoms with Gasteiger partial charge < -0.3 is 9.47 Å². The maximum absolute atomic E-state index is 11.8. The molecule has 3 nitrogen and oxygen atoms in total. The molecule has 17 heavy (non-hydrogen) atoms. The molecule has 0 atom stereocenters. The number of benzene rings is 1. The second-order valence-electron chi connectivity index (χ2n) is 4.67. The van der Waals surface area contributed by atoms with Crippen molar-refractivity contribution < 1.29 is 14.3 Å². The Morgan fingerprint density at radius 1 is 1.35 bits per heavy atom. The van der Waals surface area contributed by atoms with Crippen LogP contribution in [0.3, 0.4) is 0 Å². The second-order valence-corrected chi connectivity index (χ2v) is 4.67. The van der Waals surface area contributed by atoms with Crippen molar-refractivity contribution in [2.24, 2.45) is 0 Å². The number of ketones is 1. The average Bonchev–Trinajstić information content (AvgIpc) is 2.27. The Hall–Kier alpha value is -1.19. The molecular formula is C14H18O3. The predicted octanol–water partition coefficient (Wildman–Crippen LogP) is 2.41. The van der Waals surface area contributed by atoms with Crippen LogP contribution in [0, 0.1) is 0 Å². The molecule has 1 aromatic carbocycles. The molecular weight excluding hydrogens is 216 g/mol. The zero-order chi connectivity index (χ0) is 12.3. The molecule has 3 heteroatoms. The van der Waals surface area contributed by atoms with Gasteiger partial charge in [-0.05, 0) is 11.5 Å². The van der Waals surface area contributed by atoms with E-state index in [2.05, 4.69) is 13.8 Å². The summed E-state index contributed by atoms with van der Waals surface area (Å²) in [6.07, 6.45) is 0.105. The van der Waals surface area contributed by atoms with Gasteiger partial charge in [0.05, 0.1) is 13.2 Å². The Morgan fingerprint density at radius 3 is 2.47 bits per heavy atom. The lowest BCUT2D eigenvalue weighted by atomic mass is 10.0. The van der Waals surface area contributed by atoms with Gasteiger partial charge in [-0.3, -0.25) is 4.79 Å². The van der Waals surface area contributed by atoms with E-state index in [4.69, 9.17) is 9.47 Å². The molecule has 0 radical (unpaired) electrons. The third kappa shape index (κ3) is 3.14. The smallest absolute Gasteiger partial charge is 0.188 e. The van der Waals surface area contributed by atoms with Crippen molar-refractivity contribution >= 4 is 5.78 Å². The van der Waals surface area contributed by atoms with Gasteiger partial charge in [-0.1, -0.05) is 38.1 Å². The number of carbonyl (C=O) groups is 1. The number of hydrogen-bond acceptors (Lipinski definition) is 3. The topological polar surface area (TPSA) is 35.5 Å². The van der Waals surface area contributed by atoms with Crippen molar-refractivity contribution in [1.29, 1.82) is 0 Å². The number of ether oxygens (including phenoxy) is 2. The van der Waals surface area contributed by atoms with E-state index in [0.29, 0.717) is 19.1 Å². The van der Waals surface area contributed by atoms with Crippen LogP contribution in [0.2, 0.25) is 0 Å². The van der Waals surface area contributed by atoms with Gasteiger partial charge in [-0.25, -0.2) is 0 Å². The molecule has 0 aliphatic carbocycles. The summed E-state index contributed by atoms with van der Waals surface area (Å²) in [5.74, 6) is 0.523. The van der Waals surface area contributed by atoms with Gasteiger partial charge in [0, 0.05) is 5.56 Å². The molecule has 0 saturated carbocycles. The Kier molecular flexibility index (Phi) is 3.92. The van der Waals surface area contributed by atoms with E-state index in [1.54, 1.807) is 0 Å². The largest absolute Gasteiger partial charge is 0.376 e. The lowest BCUT2D eigenvalue weighted by Crippen LogP contribution is -2.37. The maximum atomic E-state index is 11.8. The van der Waals surface area contributed by atoms with Crippen LogP contribution in [0.1, 0.15) is 35.7 Å². The van der Waals surface area contributed by atoms with Crippen molar-refractivity contribution in [3.63, 3.8) is 0 Å². The first-order valence-corrected chi connectivity index (χ1v) is 5.99. The summed E-state index contributed by atoms with van der Waals surface area (Å²) < 4.78 is 10.4. The fourth-order valence-electron chi connectivity index (χ4n) is 1.64. The lowest BCUT2D eigenvalue weighted by molar-refractivity contribution is -0.123. The lowest BCUT2D eigenvalue weighted by Gasteiger charge is -2.25.